The molecule has 1 fully saturated rings. The van der Waals surface area contributed by atoms with Crippen LogP contribution in [0.15, 0.2) is 46.9 Å². The molecule has 210 valence electrons. The summed E-state index contributed by atoms with van der Waals surface area (Å²) in [6, 6.07) is 2.63. The van der Waals surface area contributed by atoms with Crippen molar-refractivity contribution in [2.24, 2.45) is 11.0 Å². The Kier molecular flexibility index (Phi) is 7.04. The third-order valence-electron chi connectivity index (χ3n) is 7.61. The van der Waals surface area contributed by atoms with Gasteiger partial charge in [-0.25, -0.2) is 17.8 Å². The number of fused-ring (bicyclic) bond motifs is 6. The van der Waals surface area contributed by atoms with Gasteiger partial charge in [0.1, 0.15) is 41.6 Å². The number of hydrogen-bond acceptors (Lipinski definition) is 8. The van der Waals surface area contributed by atoms with Gasteiger partial charge in [-0.15, -0.1) is 0 Å². The quantitative estimate of drug-likeness (QED) is 0.519. The lowest BCUT2D eigenvalue weighted by atomic mass is 9.95. The molecule has 2 unspecified atom stereocenters. The molecular weight excluding hydrogens is 529 g/mol. The van der Waals surface area contributed by atoms with E-state index in [0.29, 0.717) is 31.5 Å². The van der Waals surface area contributed by atoms with Gasteiger partial charge in [0.2, 0.25) is 10.0 Å². The van der Waals surface area contributed by atoms with Gasteiger partial charge in [0, 0.05) is 37.8 Å². The van der Waals surface area contributed by atoms with Crippen LogP contribution < -0.4 is 4.74 Å². The third kappa shape index (κ3) is 4.62. The van der Waals surface area contributed by atoms with Crippen molar-refractivity contribution in [1.29, 1.82) is 0 Å². The molecule has 39 heavy (non-hydrogen) atoms. The number of piperazine rings is 1. The number of halogens is 1. The van der Waals surface area contributed by atoms with Crippen LogP contribution in [-0.4, -0.2) is 94.9 Å². The van der Waals surface area contributed by atoms with E-state index in [0.717, 1.165) is 9.31 Å². The number of carbonyl (C=O) groups is 2. The van der Waals surface area contributed by atoms with Gasteiger partial charge < -0.3 is 19.6 Å². The maximum atomic E-state index is 14.1. The van der Waals surface area contributed by atoms with Gasteiger partial charge >= 0.3 is 0 Å². The number of aliphatic hydroxyl groups excluding tert-OH is 1. The Balaban J connectivity index is 1.65. The minimum Gasteiger partial charge on any atom is -0.509 e. The van der Waals surface area contributed by atoms with Gasteiger partial charge in [0.25, 0.3) is 11.8 Å². The molecule has 0 aliphatic carbocycles. The van der Waals surface area contributed by atoms with E-state index in [1.54, 1.807) is 22.0 Å². The Morgan fingerprint density at radius 3 is 2.74 bits per heavy atom. The molecule has 13 heteroatoms. The zero-order chi connectivity index (χ0) is 28.1. The summed E-state index contributed by atoms with van der Waals surface area (Å²) in [4.78, 5) is 30.4. The first kappa shape index (κ1) is 27.0. The summed E-state index contributed by atoms with van der Waals surface area (Å²) < 4.78 is 47.7. The van der Waals surface area contributed by atoms with E-state index in [1.165, 1.54) is 25.2 Å². The SMILES string of the molecule is CCN1C[C@H](C)N2C(=C(O)C3C(=O)N4Cc5ccc(F)cc5OC/C=C/CCCS(=O)(=O)N(C)C(=N4)C32)C1=O. The minimum absolute atomic E-state index is 0.00959. The van der Waals surface area contributed by atoms with Crippen molar-refractivity contribution in [2.75, 3.05) is 32.5 Å². The van der Waals surface area contributed by atoms with Gasteiger partial charge in [0.05, 0.1) is 12.3 Å². The third-order valence-corrected chi connectivity index (χ3v) is 9.44. The highest BCUT2D eigenvalue weighted by molar-refractivity contribution is 7.89. The second-order valence-electron chi connectivity index (χ2n) is 10.1. The summed E-state index contributed by atoms with van der Waals surface area (Å²) in [5.74, 6) is -3.10. The molecule has 11 nitrogen and oxygen atoms in total. The summed E-state index contributed by atoms with van der Waals surface area (Å²) in [7, 11) is -2.49. The first-order valence-corrected chi connectivity index (χ1v) is 14.6. The molecule has 4 heterocycles. The summed E-state index contributed by atoms with van der Waals surface area (Å²) in [6.45, 7) is 4.42. The number of amidine groups is 1. The number of aliphatic hydroxyl groups is 1. The van der Waals surface area contributed by atoms with Crippen LogP contribution in [0.1, 0.15) is 32.3 Å². The van der Waals surface area contributed by atoms with Crippen LogP contribution in [0.3, 0.4) is 0 Å². The zero-order valence-electron chi connectivity index (χ0n) is 22.1. The van der Waals surface area contributed by atoms with Gasteiger partial charge in [0.15, 0.2) is 5.84 Å². The molecular formula is C26H32FN5O6S. The topological polar surface area (TPSA) is 123 Å². The molecule has 5 rings (SSSR count). The predicted octanol–water partition coefficient (Wildman–Crippen LogP) is 1.79. The average Bonchev–Trinajstić information content (AvgIpc) is 3.21. The molecule has 0 radical (unpaired) electrons. The van der Waals surface area contributed by atoms with E-state index in [9.17, 15) is 27.5 Å². The van der Waals surface area contributed by atoms with E-state index in [1.807, 2.05) is 13.8 Å². The number of rotatable bonds is 1. The highest BCUT2D eigenvalue weighted by Gasteiger charge is 2.58. The average molecular weight is 562 g/mol. The number of likely N-dealkylation sites (N-methyl/N-ethyl adjacent to an activating group) is 2. The molecule has 4 aliphatic heterocycles. The van der Waals surface area contributed by atoms with Crippen molar-refractivity contribution in [3.05, 3.63) is 53.2 Å². The first-order valence-electron chi connectivity index (χ1n) is 13.0. The number of carbonyl (C=O) groups excluding carboxylic acids is 2. The molecule has 1 N–H and O–H groups in total. The molecule has 0 spiro atoms. The molecule has 4 aliphatic rings. The summed E-state index contributed by atoms with van der Waals surface area (Å²) >= 11 is 0. The first-order chi connectivity index (χ1) is 18.5. The number of sulfonamides is 1. The molecule has 1 aromatic rings. The number of ether oxygens (including phenoxy) is 1. The fourth-order valence-electron chi connectivity index (χ4n) is 5.58. The monoisotopic (exact) mass is 561 g/mol. The number of nitrogens with zero attached hydrogens (tertiary/aromatic N) is 5. The van der Waals surface area contributed by atoms with Gasteiger partial charge in [-0.2, -0.15) is 5.10 Å². The molecule has 0 aromatic heterocycles. The second-order valence-corrected chi connectivity index (χ2v) is 12.2. The van der Waals surface area contributed by atoms with Crippen LogP contribution in [0.4, 0.5) is 4.39 Å². The fourth-order valence-corrected chi connectivity index (χ4v) is 6.81. The maximum Gasteiger partial charge on any atom is 0.273 e. The lowest BCUT2D eigenvalue weighted by Gasteiger charge is -2.45. The summed E-state index contributed by atoms with van der Waals surface area (Å²) in [5.41, 5.74) is 0.439. The Bertz CT molecular complexity index is 1390. The lowest BCUT2D eigenvalue weighted by molar-refractivity contribution is -0.139. The smallest absolute Gasteiger partial charge is 0.273 e. The van der Waals surface area contributed by atoms with Crippen molar-refractivity contribution in [1.82, 2.24) is 19.1 Å². The van der Waals surface area contributed by atoms with Crippen LogP contribution in [0.2, 0.25) is 0 Å². The van der Waals surface area contributed by atoms with Crippen LogP contribution >= 0.6 is 0 Å². The highest BCUT2D eigenvalue weighted by atomic mass is 32.2. The molecule has 2 bridgehead atoms. The Labute approximate surface area is 226 Å². The number of benzene rings is 1. The van der Waals surface area contributed by atoms with Crippen molar-refractivity contribution in [3.8, 4) is 5.75 Å². The van der Waals surface area contributed by atoms with E-state index in [-0.39, 0.29) is 42.2 Å². The van der Waals surface area contributed by atoms with Crippen molar-refractivity contribution < 1.29 is 32.2 Å². The van der Waals surface area contributed by atoms with Crippen LogP contribution in [0, 0.1) is 11.7 Å². The Hall–Kier alpha value is -3.61. The molecule has 2 amide bonds. The number of amides is 2. The normalized spacial score (nSPS) is 28.1. The second kappa shape index (κ2) is 10.2. The number of hydrazone groups is 1. The Morgan fingerprint density at radius 2 is 2.00 bits per heavy atom. The van der Waals surface area contributed by atoms with E-state index >= 15 is 0 Å². The minimum atomic E-state index is -3.87. The van der Waals surface area contributed by atoms with Gasteiger partial charge in [-0.1, -0.05) is 18.2 Å². The fraction of sp³-hybridized carbons (Fsp3) is 0.500. The predicted molar refractivity (Wildman–Crippen MR) is 140 cm³/mol. The maximum absolute atomic E-state index is 14.1. The number of hydrogen-bond donors (Lipinski definition) is 1. The van der Waals surface area contributed by atoms with Crippen molar-refractivity contribution in [2.45, 2.75) is 45.3 Å². The van der Waals surface area contributed by atoms with Crippen LogP contribution in [-0.2, 0) is 26.2 Å². The van der Waals surface area contributed by atoms with Gasteiger partial charge in [-0.3, -0.25) is 13.9 Å². The summed E-state index contributed by atoms with van der Waals surface area (Å²) in [5, 5.41) is 16.9. The van der Waals surface area contributed by atoms with Crippen LogP contribution in [0.25, 0.3) is 0 Å². The molecule has 3 atom stereocenters. The molecule has 1 aromatic carbocycles. The highest BCUT2D eigenvalue weighted by Crippen LogP contribution is 2.42. The zero-order valence-corrected chi connectivity index (χ0v) is 22.9. The van der Waals surface area contributed by atoms with E-state index in [4.69, 9.17) is 4.74 Å². The standard InChI is InChI=1S/C26H32FN5O6S/c1-4-30-14-16(2)32-21-20(23(33)22(32)26(30)35)25(34)31-15-17-9-10-18(27)13-19(17)38-11-7-5-6-8-12-39(36,37)29(3)24(21)28-31/h5,7,9-10,13,16,20-21,33H,4,6,8,11-12,14-15H2,1-3H3/b7-5+/t16-,20?,21?/m0/s1. The van der Waals surface area contributed by atoms with Crippen LogP contribution in [0.5, 0.6) is 5.75 Å². The summed E-state index contributed by atoms with van der Waals surface area (Å²) in [6.07, 6.45) is 4.35. The largest absolute Gasteiger partial charge is 0.509 e. The van der Waals surface area contributed by atoms with Crippen molar-refractivity contribution >= 4 is 27.7 Å². The molecule has 1 saturated heterocycles. The number of allylic oxidation sites excluding steroid dienone is 1. The van der Waals surface area contributed by atoms with Gasteiger partial charge in [-0.05, 0) is 32.8 Å². The van der Waals surface area contributed by atoms with E-state index < -0.39 is 45.4 Å². The Morgan fingerprint density at radius 1 is 1.23 bits per heavy atom. The van der Waals surface area contributed by atoms with Crippen molar-refractivity contribution in [3.63, 3.8) is 0 Å². The lowest BCUT2D eigenvalue weighted by Crippen LogP contribution is -2.62. The van der Waals surface area contributed by atoms with E-state index in [2.05, 4.69) is 5.10 Å². The molecule has 0 saturated carbocycles.